The first-order valence-electron chi connectivity index (χ1n) is 10.5. The molecule has 2 N–H and O–H groups in total. The summed E-state index contributed by atoms with van der Waals surface area (Å²) in [4.78, 5) is 12.0. The Hall–Kier alpha value is -1.39. The molecule has 1 aromatic carbocycles. The van der Waals surface area contributed by atoms with E-state index in [1.165, 1.54) is 18.4 Å². The average molecular weight is 544 g/mol. The summed E-state index contributed by atoms with van der Waals surface area (Å²) in [7, 11) is 1.71. The second-order valence-electron chi connectivity index (χ2n) is 7.29. The van der Waals surface area contributed by atoms with Gasteiger partial charge in [-0.2, -0.15) is 0 Å². The molecule has 1 aromatic heterocycles. The molecule has 2 heterocycles. The fourth-order valence-corrected chi connectivity index (χ4v) is 4.31. The van der Waals surface area contributed by atoms with Gasteiger partial charge in [0, 0.05) is 24.9 Å². The van der Waals surface area contributed by atoms with Crippen LogP contribution < -0.4 is 15.4 Å². The lowest BCUT2D eigenvalue weighted by molar-refractivity contribution is 0.251. The third kappa shape index (κ3) is 7.39. The number of nitrogens with one attached hydrogen (secondary N) is 2. The first-order valence-corrected chi connectivity index (χ1v) is 11.4. The molecule has 8 heteroatoms. The number of methoxy groups -OCH3 is 1. The number of nitrogens with zero attached hydrogens (tertiary/aromatic N) is 3. The molecule has 6 nitrogen and oxygen atoms in total. The number of ether oxygens (including phenoxy) is 1. The number of hydrogen-bond acceptors (Lipinski definition) is 5. The average Bonchev–Trinajstić information content (AvgIpc) is 3.41. The Labute approximate surface area is 201 Å². The van der Waals surface area contributed by atoms with Crippen LogP contribution in [0.15, 0.2) is 34.6 Å². The minimum atomic E-state index is 0. The molecule has 1 unspecified atom stereocenters. The number of aliphatic imine (C=N–C) groups is 1. The van der Waals surface area contributed by atoms with Gasteiger partial charge in [0.05, 0.1) is 30.4 Å². The van der Waals surface area contributed by atoms with Gasteiger partial charge in [0.15, 0.2) is 5.96 Å². The highest BCUT2D eigenvalue weighted by molar-refractivity contribution is 14.0. The summed E-state index contributed by atoms with van der Waals surface area (Å²) in [5.74, 6) is 1.77. The monoisotopic (exact) mass is 543 g/mol. The van der Waals surface area contributed by atoms with Gasteiger partial charge in [-0.25, -0.2) is 4.98 Å². The van der Waals surface area contributed by atoms with Gasteiger partial charge in [0.25, 0.3) is 0 Å². The molecule has 0 spiro atoms. The van der Waals surface area contributed by atoms with Crippen LogP contribution in [0, 0.1) is 6.92 Å². The summed E-state index contributed by atoms with van der Waals surface area (Å²) in [6.07, 6.45) is 3.44. The maximum atomic E-state index is 5.32. The molecular formula is C22H34IN5OS. The Morgan fingerprint density at radius 1 is 1.23 bits per heavy atom. The van der Waals surface area contributed by atoms with E-state index < -0.39 is 0 Å². The quantitative estimate of drug-likeness (QED) is 0.285. The SMILES string of the molecule is CCNC(=NCC(c1ccc(OC)cc1)N1CCCC1)NCCc1csc(C)n1.I. The Morgan fingerprint density at radius 2 is 1.97 bits per heavy atom. The Morgan fingerprint density at radius 3 is 2.57 bits per heavy atom. The van der Waals surface area contributed by atoms with E-state index in [1.54, 1.807) is 18.4 Å². The first kappa shape index (κ1) is 24.9. The van der Waals surface area contributed by atoms with Gasteiger partial charge in [-0.1, -0.05) is 12.1 Å². The van der Waals surface area contributed by atoms with Crippen LogP contribution in [0.5, 0.6) is 5.75 Å². The second kappa shape index (κ2) is 13.1. The summed E-state index contributed by atoms with van der Waals surface area (Å²) >= 11 is 1.70. The van der Waals surface area contributed by atoms with Crippen molar-refractivity contribution in [2.75, 3.05) is 39.8 Å². The molecule has 0 bridgehead atoms. The van der Waals surface area contributed by atoms with Crippen LogP contribution in [0.3, 0.4) is 0 Å². The van der Waals surface area contributed by atoms with Crippen molar-refractivity contribution in [1.29, 1.82) is 0 Å². The molecule has 1 aliphatic rings. The molecule has 3 rings (SSSR count). The van der Waals surface area contributed by atoms with E-state index in [2.05, 4.69) is 45.0 Å². The van der Waals surface area contributed by atoms with Crippen LogP contribution in [0.2, 0.25) is 0 Å². The van der Waals surface area contributed by atoms with Crippen molar-refractivity contribution in [3.8, 4) is 5.75 Å². The van der Waals surface area contributed by atoms with Gasteiger partial charge in [-0.15, -0.1) is 35.3 Å². The summed E-state index contributed by atoms with van der Waals surface area (Å²) < 4.78 is 5.32. The third-order valence-electron chi connectivity index (χ3n) is 5.19. The Bertz CT molecular complexity index is 774. The van der Waals surface area contributed by atoms with Crippen LogP contribution in [-0.2, 0) is 6.42 Å². The lowest BCUT2D eigenvalue weighted by atomic mass is 10.1. The molecule has 1 fully saturated rings. The normalized spacial score (nSPS) is 15.5. The topological polar surface area (TPSA) is 61.8 Å². The van der Waals surface area contributed by atoms with Crippen molar-refractivity contribution in [2.24, 2.45) is 4.99 Å². The smallest absolute Gasteiger partial charge is 0.191 e. The van der Waals surface area contributed by atoms with Gasteiger partial charge in [-0.3, -0.25) is 9.89 Å². The lowest BCUT2D eigenvalue weighted by Gasteiger charge is -2.27. The summed E-state index contributed by atoms with van der Waals surface area (Å²) in [5, 5.41) is 10.1. The van der Waals surface area contributed by atoms with E-state index in [-0.39, 0.29) is 24.0 Å². The van der Waals surface area contributed by atoms with E-state index in [4.69, 9.17) is 9.73 Å². The number of aryl methyl sites for hydroxylation is 1. The van der Waals surface area contributed by atoms with E-state index in [9.17, 15) is 0 Å². The van der Waals surface area contributed by atoms with Crippen molar-refractivity contribution in [3.63, 3.8) is 0 Å². The van der Waals surface area contributed by atoms with Gasteiger partial charge in [-0.05, 0) is 57.5 Å². The van der Waals surface area contributed by atoms with Crippen LogP contribution >= 0.6 is 35.3 Å². The number of halogens is 1. The number of thiazole rings is 1. The number of likely N-dealkylation sites (tertiary alicyclic amines) is 1. The zero-order chi connectivity index (χ0) is 20.5. The van der Waals surface area contributed by atoms with E-state index >= 15 is 0 Å². The number of hydrogen-bond donors (Lipinski definition) is 2. The highest BCUT2D eigenvalue weighted by atomic mass is 127. The predicted molar refractivity (Wildman–Crippen MR) is 136 cm³/mol. The van der Waals surface area contributed by atoms with Crippen molar-refractivity contribution in [2.45, 2.75) is 39.2 Å². The summed E-state index contributed by atoms with van der Waals surface area (Å²) in [6, 6.07) is 8.72. The van der Waals surface area contributed by atoms with E-state index in [0.29, 0.717) is 6.04 Å². The molecule has 0 aliphatic carbocycles. The molecule has 0 radical (unpaired) electrons. The zero-order valence-corrected chi connectivity index (χ0v) is 21.3. The van der Waals surface area contributed by atoms with Gasteiger partial charge < -0.3 is 15.4 Å². The molecule has 1 atom stereocenters. The zero-order valence-electron chi connectivity index (χ0n) is 18.2. The van der Waals surface area contributed by atoms with Crippen molar-refractivity contribution in [1.82, 2.24) is 20.5 Å². The fourth-order valence-electron chi connectivity index (χ4n) is 3.66. The molecule has 166 valence electrons. The van der Waals surface area contributed by atoms with Crippen LogP contribution in [0.4, 0.5) is 0 Å². The second-order valence-corrected chi connectivity index (χ2v) is 8.35. The number of guanidine groups is 1. The maximum Gasteiger partial charge on any atom is 0.191 e. The predicted octanol–water partition coefficient (Wildman–Crippen LogP) is 4.01. The molecule has 2 aromatic rings. The summed E-state index contributed by atoms with van der Waals surface area (Å²) in [5.41, 5.74) is 2.44. The van der Waals surface area contributed by atoms with E-state index in [1.807, 2.05) is 19.1 Å². The largest absolute Gasteiger partial charge is 0.497 e. The molecule has 30 heavy (non-hydrogen) atoms. The van der Waals surface area contributed by atoms with Crippen molar-refractivity contribution >= 4 is 41.3 Å². The van der Waals surface area contributed by atoms with Crippen LogP contribution in [0.1, 0.15) is 42.1 Å². The Balaban J connectivity index is 0.00000320. The number of benzene rings is 1. The molecule has 0 saturated carbocycles. The maximum absolute atomic E-state index is 5.32. The van der Waals surface area contributed by atoms with Gasteiger partial charge in [0.2, 0.25) is 0 Å². The van der Waals surface area contributed by atoms with Crippen LogP contribution in [0.25, 0.3) is 0 Å². The number of rotatable bonds is 9. The number of aromatic nitrogens is 1. The van der Waals surface area contributed by atoms with Gasteiger partial charge in [0.1, 0.15) is 5.75 Å². The Kier molecular flexibility index (Phi) is 10.9. The highest BCUT2D eigenvalue weighted by Gasteiger charge is 2.23. The standard InChI is InChI=1S/C22H33N5OS.HI/c1-4-23-22(24-12-11-19-16-29-17(2)26-19)25-15-21(27-13-5-6-14-27)18-7-9-20(28-3)10-8-18;/h7-10,16,21H,4-6,11-15H2,1-3H3,(H2,23,24,25);1H. The van der Waals surface area contributed by atoms with E-state index in [0.717, 1.165) is 61.6 Å². The van der Waals surface area contributed by atoms with Crippen molar-refractivity contribution < 1.29 is 4.74 Å². The van der Waals surface area contributed by atoms with Gasteiger partial charge >= 0.3 is 0 Å². The molecule has 1 aliphatic heterocycles. The summed E-state index contributed by atoms with van der Waals surface area (Å²) in [6.45, 7) is 8.83. The van der Waals surface area contributed by atoms with Crippen LogP contribution in [-0.4, -0.2) is 55.7 Å². The molecule has 0 amide bonds. The minimum Gasteiger partial charge on any atom is -0.497 e. The molecular weight excluding hydrogens is 509 g/mol. The molecule has 1 saturated heterocycles. The van der Waals surface area contributed by atoms with Crippen molar-refractivity contribution in [3.05, 3.63) is 45.9 Å². The lowest BCUT2D eigenvalue weighted by Crippen LogP contribution is -2.39. The minimum absolute atomic E-state index is 0. The fraction of sp³-hybridized carbons (Fsp3) is 0.545. The third-order valence-corrected chi connectivity index (χ3v) is 6.01. The first-order chi connectivity index (χ1) is 14.2. The highest BCUT2D eigenvalue weighted by Crippen LogP contribution is 2.27.